The van der Waals surface area contributed by atoms with Crippen LogP contribution in [-0.4, -0.2) is 61.2 Å². The van der Waals surface area contributed by atoms with Crippen LogP contribution in [0.25, 0.3) is 0 Å². The van der Waals surface area contributed by atoms with Crippen LogP contribution in [0, 0.1) is 0 Å². The van der Waals surface area contributed by atoms with Crippen molar-refractivity contribution in [1.29, 1.82) is 0 Å². The average Bonchev–Trinajstić information content (AvgIpc) is 2.31. The van der Waals surface area contributed by atoms with Crippen LogP contribution in [-0.2, 0) is 9.47 Å². The summed E-state index contributed by atoms with van der Waals surface area (Å²) in [6, 6.07) is 0.186. The summed E-state index contributed by atoms with van der Waals surface area (Å²) in [6.07, 6.45) is 0.430. The Hall–Kier alpha value is -0.160. The highest BCUT2D eigenvalue weighted by atomic mass is 16.5. The zero-order valence-corrected chi connectivity index (χ0v) is 10.7. The van der Waals surface area contributed by atoms with Gasteiger partial charge in [0.1, 0.15) is 0 Å². The van der Waals surface area contributed by atoms with Crippen molar-refractivity contribution in [3.05, 3.63) is 0 Å². The van der Waals surface area contributed by atoms with Gasteiger partial charge in [-0.25, -0.2) is 0 Å². The van der Waals surface area contributed by atoms with Crippen molar-refractivity contribution in [2.24, 2.45) is 0 Å². The number of hydrogen-bond donors (Lipinski definition) is 1. The van der Waals surface area contributed by atoms with Crippen LogP contribution < -0.4 is 0 Å². The first-order chi connectivity index (χ1) is 7.70. The van der Waals surface area contributed by atoms with E-state index in [1.165, 1.54) is 0 Å². The quantitative estimate of drug-likeness (QED) is 0.737. The van der Waals surface area contributed by atoms with E-state index < -0.39 is 6.10 Å². The van der Waals surface area contributed by atoms with Crippen molar-refractivity contribution < 1.29 is 14.6 Å². The number of aliphatic hydroxyl groups excluding tert-OH is 1. The van der Waals surface area contributed by atoms with Crippen molar-refractivity contribution >= 4 is 0 Å². The Morgan fingerprint density at radius 2 is 1.94 bits per heavy atom. The summed E-state index contributed by atoms with van der Waals surface area (Å²) < 4.78 is 10.8. The van der Waals surface area contributed by atoms with Crippen LogP contribution in [0.5, 0.6) is 0 Å². The van der Waals surface area contributed by atoms with Gasteiger partial charge in [0.05, 0.1) is 25.4 Å². The molecule has 0 radical (unpaired) electrons. The van der Waals surface area contributed by atoms with E-state index in [9.17, 15) is 5.11 Å². The zero-order valence-electron chi connectivity index (χ0n) is 10.7. The van der Waals surface area contributed by atoms with Crippen molar-refractivity contribution in [3.8, 4) is 0 Å². The number of morpholine rings is 1. The number of aliphatic hydroxyl groups is 1. The highest BCUT2D eigenvalue weighted by Gasteiger charge is 2.29. The predicted molar refractivity (Wildman–Crippen MR) is 63.6 cm³/mol. The standard InChI is InChI=1S/C12H25NO3/c1-4-11(12(14)10(3)16-5-2)13-6-8-15-9-7-13/h10-12,14H,4-9H2,1-3H3/t10-,11?,12?/m0/s1. The van der Waals surface area contributed by atoms with Gasteiger partial charge in [0.2, 0.25) is 0 Å². The molecule has 1 N–H and O–H groups in total. The lowest BCUT2D eigenvalue weighted by Gasteiger charge is -2.38. The molecule has 1 aliphatic rings. The SMILES string of the molecule is CCO[C@@H](C)C(O)C(CC)N1CCOCC1. The summed E-state index contributed by atoms with van der Waals surface area (Å²) in [5.74, 6) is 0. The first kappa shape index (κ1) is 13.9. The monoisotopic (exact) mass is 231 g/mol. The third-order valence-corrected chi connectivity index (χ3v) is 3.24. The highest BCUT2D eigenvalue weighted by molar-refractivity contribution is 4.83. The molecule has 4 nitrogen and oxygen atoms in total. The normalized spacial score (nSPS) is 24.0. The molecule has 0 aromatic rings. The molecule has 1 rings (SSSR count). The molecule has 1 aliphatic heterocycles. The predicted octanol–water partition coefficient (Wildman–Crippen LogP) is 0.883. The molecule has 96 valence electrons. The fraction of sp³-hybridized carbons (Fsp3) is 1.00. The van der Waals surface area contributed by atoms with Crippen molar-refractivity contribution in [3.63, 3.8) is 0 Å². The Labute approximate surface area is 98.5 Å². The molecular formula is C12H25NO3. The molecule has 3 atom stereocenters. The molecule has 0 spiro atoms. The molecule has 1 heterocycles. The minimum atomic E-state index is -0.414. The minimum Gasteiger partial charge on any atom is -0.389 e. The molecule has 2 unspecified atom stereocenters. The summed E-state index contributed by atoms with van der Waals surface area (Å²) in [5, 5.41) is 10.3. The van der Waals surface area contributed by atoms with Gasteiger partial charge in [0.15, 0.2) is 0 Å². The lowest BCUT2D eigenvalue weighted by molar-refractivity contribution is -0.0813. The second-order valence-corrected chi connectivity index (χ2v) is 4.27. The summed E-state index contributed by atoms with van der Waals surface area (Å²) in [6.45, 7) is 10.0. The van der Waals surface area contributed by atoms with Gasteiger partial charge >= 0.3 is 0 Å². The van der Waals surface area contributed by atoms with E-state index in [1.807, 2.05) is 13.8 Å². The zero-order chi connectivity index (χ0) is 12.0. The Kier molecular flexibility index (Phi) is 6.28. The van der Waals surface area contributed by atoms with Crippen molar-refractivity contribution in [2.45, 2.75) is 45.4 Å². The first-order valence-electron chi connectivity index (χ1n) is 6.32. The van der Waals surface area contributed by atoms with Gasteiger partial charge in [-0.15, -0.1) is 0 Å². The van der Waals surface area contributed by atoms with Gasteiger partial charge in [0, 0.05) is 25.7 Å². The topological polar surface area (TPSA) is 41.9 Å². The number of rotatable bonds is 6. The molecule has 0 aliphatic carbocycles. The van der Waals surface area contributed by atoms with Crippen LogP contribution in [0.1, 0.15) is 27.2 Å². The Balaban J connectivity index is 2.50. The summed E-state index contributed by atoms with van der Waals surface area (Å²) in [4.78, 5) is 2.31. The fourth-order valence-electron chi connectivity index (χ4n) is 2.30. The Morgan fingerprint density at radius 3 is 2.44 bits per heavy atom. The lowest BCUT2D eigenvalue weighted by atomic mass is 10.0. The average molecular weight is 231 g/mol. The van der Waals surface area contributed by atoms with E-state index in [0.29, 0.717) is 6.61 Å². The maximum Gasteiger partial charge on any atom is 0.0953 e. The van der Waals surface area contributed by atoms with E-state index in [1.54, 1.807) is 0 Å². The van der Waals surface area contributed by atoms with Gasteiger partial charge < -0.3 is 14.6 Å². The summed E-state index contributed by atoms with van der Waals surface area (Å²) >= 11 is 0. The molecule has 0 aromatic heterocycles. The number of ether oxygens (including phenoxy) is 2. The number of nitrogens with zero attached hydrogens (tertiary/aromatic N) is 1. The van der Waals surface area contributed by atoms with E-state index in [0.717, 1.165) is 32.7 Å². The second kappa shape index (κ2) is 7.22. The van der Waals surface area contributed by atoms with Gasteiger partial charge in [-0.1, -0.05) is 6.92 Å². The Bertz CT molecular complexity index is 183. The second-order valence-electron chi connectivity index (χ2n) is 4.27. The first-order valence-corrected chi connectivity index (χ1v) is 6.32. The molecule has 0 amide bonds. The lowest BCUT2D eigenvalue weighted by Crippen LogP contribution is -2.52. The molecule has 0 saturated carbocycles. The maximum atomic E-state index is 10.3. The van der Waals surface area contributed by atoms with Crippen LogP contribution in [0.4, 0.5) is 0 Å². The van der Waals surface area contributed by atoms with Crippen LogP contribution >= 0.6 is 0 Å². The number of hydrogen-bond acceptors (Lipinski definition) is 4. The van der Waals surface area contributed by atoms with Gasteiger partial charge in [-0.05, 0) is 20.3 Å². The Morgan fingerprint density at radius 1 is 1.31 bits per heavy atom. The molecule has 0 bridgehead atoms. The van der Waals surface area contributed by atoms with Gasteiger partial charge in [-0.3, -0.25) is 4.90 Å². The highest BCUT2D eigenvalue weighted by Crippen LogP contribution is 2.15. The van der Waals surface area contributed by atoms with Crippen LogP contribution in [0.15, 0.2) is 0 Å². The van der Waals surface area contributed by atoms with Gasteiger partial charge in [-0.2, -0.15) is 0 Å². The van der Waals surface area contributed by atoms with Gasteiger partial charge in [0.25, 0.3) is 0 Å². The smallest absolute Gasteiger partial charge is 0.0953 e. The van der Waals surface area contributed by atoms with Crippen molar-refractivity contribution in [1.82, 2.24) is 4.90 Å². The fourth-order valence-corrected chi connectivity index (χ4v) is 2.30. The molecule has 1 fully saturated rings. The molecular weight excluding hydrogens is 206 g/mol. The minimum absolute atomic E-state index is 0.0993. The summed E-state index contributed by atoms with van der Waals surface area (Å²) in [7, 11) is 0. The largest absolute Gasteiger partial charge is 0.389 e. The third kappa shape index (κ3) is 3.70. The van der Waals surface area contributed by atoms with Crippen LogP contribution in [0.2, 0.25) is 0 Å². The molecule has 1 saturated heterocycles. The van der Waals surface area contributed by atoms with Crippen molar-refractivity contribution in [2.75, 3.05) is 32.9 Å². The van der Waals surface area contributed by atoms with E-state index in [-0.39, 0.29) is 12.1 Å². The van der Waals surface area contributed by atoms with Crippen LogP contribution in [0.3, 0.4) is 0 Å². The molecule has 0 aromatic carbocycles. The third-order valence-electron chi connectivity index (χ3n) is 3.24. The van der Waals surface area contributed by atoms with E-state index >= 15 is 0 Å². The van der Waals surface area contributed by atoms with E-state index in [4.69, 9.17) is 9.47 Å². The molecule has 16 heavy (non-hydrogen) atoms. The molecule has 4 heteroatoms. The van der Waals surface area contributed by atoms with E-state index in [2.05, 4.69) is 11.8 Å². The summed E-state index contributed by atoms with van der Waals surface area (Å²) in [5.41, 5.74) is 0. The maximum absolute atomic E-state index is 10.3.